The molecule has 3 aromatic heterocycles. The molecule has 34 heavy (non-hydrogen) atoms. The summed E-state index contributed by atoms with van der Waals surface area (Å²) >= 11 is 0. The second-order valence-electron chi connectivity index (χ2n) is 8.35. The molecule has 2 atom stereocenters. The molecule has 4 heterocycles. The van der Waals surface area contributed by atoms with Gasteiger partial charge in [-0.3, -0.25) is 4.68 Å². The van der Waals surface area contributed by atoms with Gasteiger partial charge in [0, 0.05) is 37.6 Å². The molecule has 1 aliphatic rings. The summed E-state index contributed by atoms with van der Waals surface area (Å²) in [4.78, 5) is 20.6. The third kappa shape index (κ3) is 5.92. The molecule has 0 bridgehead atoms. The quantitative estimate of drug-likeness (QED) is 0.344. The first-order valence-electron chi connectivity index (χ1n) is 11.3. The maximum Gasteiger partial charge on any atom is 0.281 e. The van der Waals surface area contributed by atoms with Gasteiger partial charge < -0.3 is 20.3 Å². The first kappa shape index (κ1) is 24.6. The predicted molar refractivity (Wildman–Crippen MR) is 130 cm³/mol. The minimum absolute atomic E-state index is 0.0708. The van der Waals surface area contributed by atoms with Gasteiger partial charge in [0.25, 0.3) is 5.66 Å². The number of fused-ring (bicyclic) bond motifs is 1. The van der Waals surface area contributed by atoms with Crippen LogP contribution in [0.2, 0.25) is 0 Å². The number of hydrogen-bond acceptors (Lipinski definition) is 9. The molecule has 184 valence electrons. The van der Waals surface area contributed by atoms with Gasteiger partial charge in [-0.25, -0.2) is 15.0 Å². The fourth-order valence-corrected chi connectivity index (χ4v) is 3.97. The van der Waals surface area contributed by atoms with Crippen molar-refractivity contribution in [2.75, 3.05) is 43.1 Å². The number of aryl methyl sites for hydroxylation is 2. The summed E-state index contributed by atoms with van der Waals surface area (Å²) in [5.74, 6) is 1.52. The Bertz CT molecular complexity index is 1140. The third-order valence-electron chi connectivity index (χ3n) is 5.40. The zero-order valence-corrected chi connectivity index (χ0v) is 20.7. The Kier molecular flexibility index (Phi) is 7.49. The van der Waals surface area contributed by atoms with Gasteiger partial charge in [0.1, 0.15) is 17.6 Å². The molecule has 1 fully saturated rings. The number of alkyl halides is 2. The van der Waals surface area contributed by atoms with Gasteiger partial charge in [-0.15, -0.1) is 0 Å². The van der Waals surface area contributed by atoms with Crippen molar-refractivity contribution in [1.29, 1.82) is 0 Å². The molecule has 3 aromatic rings. The van der Waals surface area contributed by atoms with Gasteiger partial charge in [-0.05, 0) is 26.3 Å². The van der Waals surface area contributed by atoms with E-state index in [0.29, 0.717) is 41.2 Å². The third-order valence-corrected chi connectivity index (χ3v) is 5.57. The molecule has 0 saturated carbocycles. The number of hydrogen-bond donors (Lipinski definition) is 2. The molecule has 0 amide bonds. The number of halogens is 2. The van der Waals surface area contributed by atoms with E-state index in [9.17, 15) is 8.78 Å². The lowest BCUT2D eigenvalue weighted by Crippen LogP contribution is -2.49. The number of rotatable bonds is 9. The monoisotopic (exact) mass is 493 g/mol. The number of piperazine rings is 1. The summed E-state index contributed by atoms with van der Waals surface area (Å²) in [5.41, 5.74) is 0.0225. The summed E-state index contributed by atoms with van der Waals surface area (Å²) in [6.45, 7) is 8.07. The Labute approximate surface area is 199 Å². The fraction of sp³-hybridized carbons (Fsp3) is 0.571. The van der Waals surface area contributed by atoms with Crippen molar-refractivity contribution in [2.45, 2.75) is 45.4 Å². The minimum atomic E-state index is -2.96. The molecule has 2 N–H and O–H groups in total. The van der Waals surface area contributed by atoms with Crippen LogP contribution in [0.3, 0.4) is 0 Å². The summed E-state index contributed by atoms with van der Waals surface area (Å²) in [6, 6.07) is 2.12. The van der Waals surface area contributed by atoms with E-state index in [1.807, 2.05) is 19.9 Å². The summed E-state index contributed by atoms with van der Waals surface area (Å²) in [6.07, 6.45) is 2.33. The number of nitrogens with zero attached hydrogens (tertiary/aromatic N) is 7. The standard InChI is InChI=1S/C21H30F2N9OP/c1-4-15-16-17(32(30-15)9-10-33-12-21(22,23)34)18(28-19-25-6-5-13(2)26-19)29-20(27-16)31-8-7-24-14(3)11-31/h5-6,14,24H,4,7-12,34H2,1-3H3,(H,25,26,27,28,29). The maximum absolute atomic E-state index is 13.1. The molecule has 0 aliphatic carbocycles. The Morgan fingerprint density at radius 2 is 2.15 bits per heavy atom. The van der Waals surface area contributed by atoms with Crippen molar-refractivity contribution in [1.82, 2.24) is 35.0 Å². The Morgan fingerprint density at radius 3 is 2.85 bits per heavy atom. The van der Waals surface area contributed by atoms with Gasteiger partial charge in [-0.2, -0.15) is 18.9 Å². The highest BCUT2D eigenvalue weighted by atomic mass is 31.0. The normalized spacial score (nSPS) is 16.9. The highest BCUT2D eigenvalue weighted by Gasteiger charge is 2.24. The van der Waals surface area contributed by atoms with Crippen LogP contribution in [0.25, 0.3) is 11.0 Å². The van der Waals surface area contributed by atoms with E-state index in [2.05, 4.69) is 32.4 Å². The van der Waals surface area contributed by atoms with Gasteiger partial charge >= 0.3 is 0 Å². The molecule has 2 unspecified atom stereocenters. The van der Waals surface area contributed by atoms with Crippen molar-refractivity contribution in [3.05, 3.63) is 23.7 Å². The molecule has 1 aliphatic heterocycles. The Morgan fingerprint density at radius 1 is 1.32 bits per heavy atom. The molecule has 13 heteroatoms. The lowest BCUT2D eigenvalue weighted by molar-refractivity contribution is -0.0111. The van der Waals surface area contributed by atoms with Gasteiger partial charge in [0.15, 0.2) is 5.82 Å². The van der Waals surface area contributed by atoms with Crippen LogP contribution in [0.1, 0.15) is 25.2 Å². The molecule has 0 spiro atoms. The SMILES string of the molecule is CCc1nn(CCOCC(F)(F)P)c2c(Nc3nccc(C)n3)nc(N3CCNC(C)C3)nc12. The highest BCUT2D eigenvalue weighted by Crippen LogP contribution is 2.29. The average Bonchev–Trinajstić information content (AvgIpc) is 3.14. The zero-order valence-electron chi connectivity index (χ0n) is 19.6. The summed E-state index contributed by atoms with van der Waals surface area (Å²) < 4.78 is 33.1. The van der Waals surface area contributed by atoms with Crippen LogP contribution in [-0.2, 0) is 17.7 Å². The van der Waals surface area contributed by atoms with Crippen molar-refractivity contribution < 1.29 is 13.5 Å². The average molecular weight is 494 g/mol. The number of aromatic nitrogens is 6. The molecule has 0 radical (unpaired) electrons. The van der Waals surface area contributed by atoms with Crippen molar-refractivity contribution in [3.63, 3.8) is 0 Å². The van der Waals surface area contributed by atoms with Crippen LogP contribution in [-0.4, -0.2) is 74.3 Å². The van der Waals surface area contributed by atoms with Crippen LogP contribution >= 0.6 is 9.24 Å². The molecule has 1 saturated heterocycles. The summed E-state index contributed by atoms with van der Waals surface area (Å²) in [7, 11) is 1.48. The van der Waals surface area contributed by atoms with Gasteiger partial charge in [0.2, 0.25) is 11.9 Å². The lowest BCUT2D eigenvalue weighted by Gasteiger charge is -2.32. The van der Waals surface area contributed by atoms with E-state index in [4.69, 9.17) is 19.8 Å². The van der Waals surface area contributed by atoms with E-state index in [1.54, 1.807) is 10.9 Å². The van der Waals surface area contributed by atoms with Crippen molar-refractivity contribution in [2.24, 2.45) is 0 Å². The maximum atomic E-state index is 13.1. The van der Waals surface area contributed by atoms with Crippen molar-refractivity contribution in [3.8, 4) is 0 Å². The summed E-state index contributed by atoms with van der Waals surface area (Å²) in [5, 5.41) is 11.4. The molecular weight excluding hydrogens is 463 g/mol. The van der Waals surface area contributed by atoms with Gasteiger partial charge in [-0.1, -0.05) is 16.2 Å². The van der Waals surface area contributed by atoms with E-state index in [0.717, 1.165) is 31.0 Å². The number of nitrogens with one attached hydrogen (secondary N) is 2. The Hall–Kier alpha value is -2.56. The molecular formula is C21H30F2N9OP. The molecule has 10 nitrogen and oxygen atoms in total. The van der Waals surface area contributed by atoms with Crippen LogP contribution in [0.15, 0.2) is 12.3 Å². The Balaban J connectivity index is 1.74. The van der Waals surface area contributed by atoms with Crippen LogP contribution in [0.4, 0.5) is 26.5 Å². The first-order valence-corrected chi connectivity index (χ1v) is 11.9. The topological polar surface area (TPSA) is 106 Å². The second kappa shape index (κ2) is 10.4. The lowest BCUT2D eigenvalue weighted by atomic mass is 10.2. The number of anilines is 3. The van der Waals surface area contributed by atoms with Crippen LogP contribution < -0.4 is 15.5 Å². The molecule has 4 rings (SSSR count). The van der Waals surface area contributed by atoms with Crippen LogP contribution in [0, 0.1) is 6.92 Å². The van der Waals surface area contributed by atoms with Crippen LogP contribution in [0.5, 0.6) is 0 Å². The zero-order chi connectivity index (χ0) is 24.3. The van der Waals surface area contributed by atoms with Gasteiger partial charge in [0.05, 0.1) is 18.8 Å². The molecule has 0 aromatic carbocycles. The van der Waals surface area contributed by atoms with E-state index >= 15 is 0 Å². The predicted octanol–water partition coefficient (Wildman–Crippen LogP) is 2.51. The minimum Gasteiger partial charge on any atom is -0.373 e. The smallest absolute Gasteiger partial charge is 0.281 e. The fourth-order valence-electron chi connectivity index (χ4n) is 3.85. The van der Waals surface area contributed by atoms with E-state index in [-0.39, 0.29) is 13.2 Å². The van der Waals surface area contributed by atoms with E-state index < -0.39 is 12.3 Å². The first-order chi connectivity index (χ1) is 16.2. The highest BCUT2D eigenvalue weighted by molar-refractivity contribution is 7.18. The largest absolute Gasteiger partial charge is 0.373 e. The van der Waals surface area contributed by atoms with Crippen molar-refractivity contribution >= 4 is 38.0 Å². The van der Waals surface area contributed by atoms with E-state index in [1.165, 1.54) is 9.24 Å². The number of ether oxygens (including phenoxy) is 1. The second-order valence-corrected chi connectivity index (χ2v) is 9.20.